The SMILES string of the molecule is CN=C(NCC(C)Oc1ccccc1F)NC1CCc2ncnn2C1. The zero-order valence-corrected chi connectivity index (χ0v) is 14.4. The fourth-order valence-electron chi connectivity index (χ4n) is 2.78. The van der Waals surface area contributed by atoms with Gasteiger partial charge in [0.1, 0.15) is 18.3 Å². The van der Waals surface area contributed by atoms with Crippen LogP contribution in [0.2, 0.25) is 0 Å². The molecule has 1 aromatic carbocycles. The molecule has 7 nitrogen and oxygen atoms in total. The number of nitrogens with one attached hydrogen (secondary N) is 2. The Balaban J connectivity index is 1.47. The lowest BCUT2D eigenvalue weighted by atomic mass is 10.1. The van der Waals surface area contributed by atoms with Gasteiger partial charge in [-0.1, -0.05) is 12.1 Å². The van der Waals surface area contributed by atoms with Gasteiger partial charge in [-0.05, 0) is 25.5 Å². The van der Waals surface area contributed by atoms with Gasteiger partial charge >= 0.3 is 0 Å². The molecule has 134 valence electrons. The number of aliphatic imine (C=N–C) groups is 1. The van der Waals surface area contributed by atoms with Crippen molar-refractivity contribution in [2.45, 2.75) is 38.5 Å². The maximum absolute atomic E-state index is 13.6. The fourth-order valence-corrected chi connectivity index (χ4v) is 2.78. The summed E-state index contributed by atoms with van der Waals surface area (Å²) in [4.78, 5) is 8.47. The second kappa shape index (κ2) is 7.96. The van der Waals surface area contributed by atoms with Gasteiger partial charge in [0.2, 0.25) is 0 Å². The van der Waals surface area contributed by atoms with Crippen molar-refractivity contribution in [3.63, 3.8) is 0 Å². The number of rotatable bonds is 5. The number of halogens is 1. The largest absolute Gasteiger partial charge is 0.486 e. The average Bonchev–Trinajstić information content (AvgIpc) is 3.08. The van der Waals surface area contributed by atoms with Gasteiger partial charge in [0.15, 0.2) is 17.5 Å². The molecule has 0 aliphatic carbocycles. The number of fused-ring (bicyclic) bond motifs is 1. The van der Waals surface area contributed by atoms with Crippen LogP contribution in [0.5, 0.6) is 5.75 Å². The minimum absolute atomic E-state index is 0.205. The van der Waals surface area contributed by atoms with Gasteiger partial charge in [-0.3, -0.25) is 4.99 Å². The summed E-state index contributed by atoms with van der Waals surface area (Å²) in [6, 6.07) is 6.64. The van der Waals surface area contributed by atoms with E-state index < -0.39 is 0 Å². The van der Waals surface area contributed by atoms with E-state index in [2.05, 4.69) is 25.7 Å². The van der Waals surface area contributed by atoms with Gasteiger partial charge in [-0.15, -0.1) is 0 Å². The number of hydrogen-bond donors (Lipinski definition) is 2. The Morgan fingerprint density at radius 2 is 2.32 bits per heavy atom. The molecule has 3 rings (SSSR count). The summed E-state index contributed by atoms with van der Waals surface area (Å²) in [5.41, 5.74) is 0. The highest BCUT2D eigenvalue weighted by Gasteiger charge is 2.20. The van der Waals surface area contributed by atoms with Crippen LogP contribution in [0.4, 0.5) is 4.39 Å². The lowest BCUT2D eigenvalue weighted by Crippen LogP contribution is -2.48. The Morgan fingerprint density at radius 3 is 3.12 bits per heavy atom. The van der Waals surface area contributed by atoms with Gasteiger partial charge in [0.05, 0.1) is 13.1 Å². The number of aryl methyl sites for hydroxylation is 1. The normalized spacial score (nSPS) is 18.4. The summed E-state index contributed by atoms with van der Waals surface area (Å²) < 4.78 is 21.2. The van der Waals surface area contributed by atoms with Gasteiger partial charge in [-0.25, -0.2) is 14.1 Å². The minimum Gasteiger partial charge on any atom is -0.486 e. The molecule has 2 unspecified atom stereocenters. The second-order valence-corrected chi connectivity index (χ2v) is 6.05. The highest BCUT2D eigenvalue weighted by molar-refractivity contribution is 5.80. The van der Waals surface area contributed by atoms with Crippen molar-refractivity contribution in [3.05, 3.63) is 42.2 Å². The van der Waals surface area contributed by atoms with Gasteiger partial charge in [0.25, 0.3) is 0 Å². The molecular weight excluding hydrogens is 323 g/mol. The standard InChI is InChI=1S/C17H23FN6O/c1-12(25-15-6-4-3-5-14(15)18)9-20-17(19-2)23-13-7-8-16-21-11-22-24(16)10-13/h3-6,11-13H,7-10H2,1-2H3,(H2,19,20,23). The van der Waals surface area contributed by atoms with E-state index >= 15 is 0 Å². The Morgan fingerprint density at radius 1 is 1.48 bits per heavy atom. The summed E-state index contributed by atoms with van der Waals surface area (Å²) in [7, 11) is 1.72. The van der Waals surface area contributed by atoms with E-state index in [1.807, 2.05) is 11.6 Å². The van der Waals surface area contributed by atoms with Crippen molar-refractivity contribution in [1.82, 2.24) is 25.4 Å². The summed E-state index contributed by atoms with van der Waals surface area (Å²) in [5, 5.41) is 10.8. The van der Waals surface area contributed by atoms with Crippen molar-refractivity contribution >= 4 is 5.96 Å². The van der Waals surface area contributed by atoms with Crippen LogP contribution in [0.3, 0.4) is 0 Å². The highest BCUT2D eigenvalue weighted by Crippen LogP contribution is 2.16. The van der Waals surface area contributed by atoms with Crippen molar-refractivity contribution < 1.29 is 9.13 Å². The monoisotopic (exact) mass is 346 g/mol. The van der Waals surface area contributed by atoms with Crippen LogP contribution in [-0.4, -0.2) is 46.5 Å². The third-order valence-corrected chi connectivity index (χ3v) is 4.09. The zero-order chi connectivity index (χ0) is 17.6. The van der Waals surface area contributed by atoms with E-state index in [4.69, 9.17) is 4.74 Å². The molecule has 0 fully saturated rings. The number of nitrogens with zero attached hydrogens (tertiary/aromatic N) is 4. The Labute approximate surface area is 146 Å². The topological polar surface area (TPSA) is 76.4 Å². The van der Waals surface area contributed by atoms with Gasteiger partial charge in [0, 0.05) is 19.5 Å². The molecule has 0 amide bonds. The number of hydrogen-bond acceptors (Lipinski definition) is 4. The van der Waals surface area contributed by atoms with E-state index in [0.29, 0.717) is 12.5 Å². The summed E-state index contributed by atoms with van der Waals surface area (Å²) in [6.45, 7) is 3.15. The van der Waals surface area contributed by atoms with Gasteiger partial charge < -0.3 is 15.4 Å². The van der Waals surface area contributed by atoms with E-state index in [9.17, 15) is 4.39 Å². The first-order valence-electron chi connectivity index (χ1n) is 8.40. The maximum Gasteiger partial charge on any atom is 0.191 e. The molecule has 2 aromatic rings. The maximum atomic E-state index is 13.6. The van der Waals surface area contributed by atoms with Crippen LogP contribution in [-0.2, 0) is 13.0 Å². The van der Waals surface area contributed by atoms with Crippen LogP contribution >= 0.6 is 0 Å². The highest BCUT2D eigenvalue weighted by atomic mass is 19.1. The predicted molar refractivity (Wildman–Crippen MR) is 93.1 cm³/mol. The number of benzene rings is 1. The lowest BCUT2D eigenvalue weighted by Gasteiger charge is -2.26. The van der Waals surface area contributed by atoms with Crippen LogP contribution in [0, 0.1) is 5.82 Å². The first kappa shape index (κ1) is 17.2. The number of aromatic nitrogens is 3. The third-order valence-electron chi connectivity index (χ3n) is 4.09. The third kappa shape index (κ3) is 4.46. The van der Waals surface area contributed by atoms with Gasteiger partial charge in [-0.2, -0.15) is 5.10 Å². The van der Waals surface area contributed by atoms with Crippen LogP contribution in [0.1, 0.15) is 19.2 Å². The molecule has 2 heterocycles. The van der Waals surface area contributed by atoms with E-state index in [1.165, 1.54) is 6.07 Å². The first-order valence-corrected chi connectivity index (χ1v) is 8.40. The smallest absolute Gasteiger partial charge is 0.191 e. The zero-order valence-electron chi connectivity index (χ0n) is 14.4. The Bertz CT molecular complexity index is 731. The van der Waals surface area contributed by atoms with Crippen molar-refractivity contribution in [2.75, 3.05) is 13.6 Å². The number of para-hydroxylation sites is 1. The number of guanidine groups is 1. The van der Waals surface area contributed by atoms with Crippen LogP contribution in [0.25, 0.3) is 0 Å². The van der Waals surface area contributed by atoms with Crippen LogP contribution in [0.15, 0.2) is 35.6 Å². The summed E-state index contributed by atoms with van der Waals surface area (Å²) in [5.74, 6) is 1.61. The fraction of sp³-hybridized carbons (Fsp3) is 0.471. The molecule has 0 radical (unpaired) electrons. The quantitative estimate of drug-likeness (QED) is 0.632. The van der Waals surface area contributed by atoms with Crippen molar-refractivity contribution in [3.8, 4) is 5.75 Å². The minimum atomic E-state index is -0.359. The molecule has 1 aromatic heterocycles. The summed E-state index contributed by atoms with van der Waals surface area (Å²) >= 11 is 0. The van der Waals surface area contributed by atoms with E-state index in [-0.39, 0.29) is 23.7 Å². The summed E-state index contributed by atoms with van der Waals surface area (Å²) in [6.07, 6.45) is 3.25. The predicted octanol–water partition coefficient (Wildman–Crippen LogP) is 1.36. The Hall–Kier alpha value is -2.64. The van der Waals surface area contributed by atoms with E-state index in [1.54, 1.807) is 31.6 Å². The molecule has 2 atom stereocenters. The molecule has 1 aliphatic heterocycles. The number of ether oxygens (including phenoxy) is 1. The molecule has 0 saturated carbocycles. The Kier molecular flexibility index (Phi) is 5.47. The second-order valence-electron chi connectivity index (χ2n) is 6.05. The molecule has 25 heavy (non-hydrogen) atoms. The molecule has 0 saturated heterocycles. The van der Waals surface area contributed by atoms with Crippen molar-refractivity contribution in [1.29, 1.82) is 0 Å². The van der Waals surface area contributed by atoms with E-state index in [0.717, 1.165) is 25.2 Å². The average molecular weight is 346 g/mol. The molecular formula is C17H23FN6O. The molecule has 0 bridgehead atoms. The van der Waals surface area contributed by atoms with Crippen LogP contribution < -0.4 is 15.4 Å². The molecule has 8 heteroatoms. The first-order chi connectivity index (χ1) is 12.2. The molecule has 1 aliphatic rings. The molecule has 0 spiro atoms. The van der Waals surface area contributed by atoms with Crippen molar-refractivity contribution in [2.24, 2.45) is 4.99 Å². The lowest BCUT2D eigenvalue weighted by molar-refractivity contribution is 0.213. The molecule has 2 N–H and O–H groups in total.